The lowest BCUT2D eigenvalue weighted by atomic mass is 10.0. The molecule has 0 unspecified atom stereocenters. The first-order valence-corrected chi connectivity index (χ1v) is 7.16. The third-order valence-electron chi connectivity index (χ3n) is 3.74. The summed E-state index contributed by atoms with van der Waals surface area (Å²) in [5.41, 5.74) is 7.59. The fraction of sp³-hybridized carbons (Fsp3) is 0.643. The van der Waals surface area contributed by atoms with Crippen molar-refractivity contribution in [1.82, 2.24) is 15.5 Å². The molecule has 1 fully saturated rings. The zero-order valence-electron chi connectivity index (χ0n) is 11.6. The van der Waals surface area contributed by atoms with E-state index in [4.69, 9.17) is 5.73 Å². The van der Waals surface area contributed by atoms with Crippen LogP contribution in [0.4, 0.5) is 4.79 Å². The van der Waals surface area contributed by atoms with Crippen molar-refractivity contribution in [1.29, 1.82) is 0 Å². The Balaban J connectivity index is 2.05. The zero-order valence-corrected chi connectivity index (χ0v) is 11.6. The Morgan fingerprint density at radius 1 is 1.42 bits per heavy atom. The maximum atomic E-state index is 12.3. The molecule has 2 amide bonds. The van der Waals surface area contributed by atoms with E-state index >= 15 is 0 Å². The van der Waals surface area contributed by atoms with Gasteiger partial charge in [0.2, 0.25) is 0 Å². The first kappa shape index (κ1) is 13.9. The van der Waals surface area contributed by atoms with Gasteiger partial charge in [-0.2, -0.15) is 0 Å². The van der Waals surface area contributed by atoms with Crippen molar-refractivity contribution in [2.45, 2.75) is 38.6 Å². The van der Waals surface area contributed by atoms with Crippen LogP contribution in [0.25, 0.3) is 0 Å². The van der Waals surface area contributed by atoms with Crippen LogP contribution in [0, 0.1) is 0 Å². The SMILES string of the molecule is CC/C=C\C1=C(N)CCN(C2CCNCC2)C(=O)N1. The summed E-state index contributed by atoms with van der Waals surface area (Å²) in [6.07, 6.45) is 7.65. The van der Waals surface area contributed by atoms with Gasteiger partial charge in [-0.25, -0.2) is 4.79 Å². The first-order chi connectivity index (χ1) is 9.22. The largest absolute Gasteiger partial charge is 0.400 e. The van der Waals surface area contributed by atoms with Gasteiger partial charge in [0, 0.05) is 24.7 Å². The highest BCUT2D eigenvalue weighted by atomic mass is 16.2. The molecule has 5 nitrogen and oxygen atoms in total. The third kappa shape index (κ3) is 3.50. The Hall–Kier alpha value is -1.49. The molecule has 1 saturated heterocycles. The molecule has 0 atom stereocenters. The normalized spacial score (nSPS) is 22.8. The number of carbonyl (C=O) groups is 1. The van der Waals surface area contributed by atoms with Crippen molar-refractivity contribution in [2.24, 2.45) is 5.73 Å². The zero-order chi connectivity index (χ0) is 13.7. The highest BCUT2D eigenvalue weighted by Gasteiger charge is 2.27. The summed E-state index contributed by atoms with van der Waals surface area (Å²) in [6.45, 7) is 4.75. The third-order valence-corrected chi connectivity index (χ3v) is 3.74. The van der Waals surface area contributed by atoms with E-state index in [1.54, 1.807) is 0 Å². The molecular weight excluding hydrogens is 240 g/mol. The lowest BCUT2D eigenvalue weighted by Gasteiger charge is -2.33. The van der Waals surface area contributed by atoms with Crippen LogP contribution in [0.3, 0.4) is 0 Å². The number of carbonyl (C=O) groups excluding carboxylic acids is 1. The van der Waals surface area contributed by atoms with E-state index in [9.17, 15) is 4.79 Å². The second-order valence-corrected chi connectivity index (χ2v) is 5.10. The maximum Gasteiger partial charge on any atom is 0.322 e. The summed E-state index contributed by atoms with van der Waals surface area (Å²) < 4.78 is 0. The molecule has 0 bridgehead atoms. The predicted molar refractivity (Wildman–Crippen MR) is 76.4 cm³/mol. The number of piperidine rings is 1. The minimum Gasteiger partial charge on any atom is -0.400 e. The van der Waals surface area contributed by atoms with E-state index in [0.29, 0.717) is 12.6 Å². The number of nitrogens with two attached hydrogens (primary N) is 1. The number of hydrogen-bond acceptors (Lipinski definition) is 3. The van der Waals surface area contributed by atoms with Crippen molar-refractivity contribution >= 4 is 6.03 Å². The van der Waals surface area contributed by atoms with E-state index in [0.717, 1.165) is 50.2 Å². The molecule has 0 aromatic rings. The molecule has 0 spiro atoms. The van der Waals surface area contributed by atoms with Crippen molar-refractivity contribution in [2.75, 3.05) is 19.6 Å². The molecular formula is C14H24N4O. The molecule has 5 heteroatoms. The van der Waals surface area contributed by atoms with Crippen LogP contribution < -0.4 is 16.4 Å². The first-order valence-electron chi connectivity index (χ1n) is 7.16. The average Bonchev–Trinajstić information content (AvgIpc) is 2.57. The number of amides is 2. The van der Waals surface area contributed by atoms with Crippen LogP contribution in [0.2, 0.25) is 0 Å². The smallest absolute Gasteiger partial charge is 0.322 e. The molecule has 0 saturated carbocycles. The number of nitrogens with one attached hydrogen (secondary N) is 2. The summed E-state index contributed by atoms with van der Waals surface area (Å²) >= 11 is 0. The Morgan fingerprint density at radius 2 is 2.16 bits per heavy atom. The van der Waals surface area contributed by atoms with E-state index in [1.807, 2.05) is 17.1 Å². The minimum absolute atomic E-state index is 0.0110. The molecule has 0 aromatic heterocycles. The van der Waals surface area contributed by atoms with Crippen LogP contribution in [0.1, 0.15) is 32.6 Å². The van der Waals surface area contributed by atoms with Crippen LogP contribution >= 0.6 is 0 Å². The Bertz CT molecular complexity index is 383. The van der Waals surface area contributed by atoms with Gasteiger partial charge in [0.1, 0.15) is 0 Å². The van der Waals surface area contributed by atoms with E-state index < -0.39 is 0 Å². The van der Waals surface area contributed by atoms with Crippen molar-refractivity contribution in [3.8, 4) is 0 Å². The van der Waals surface area contributed by atoms with E-state index in [2.05, 4.69) is 17.6 Å². The molecule has 106 valence electrons. The van der Waals surface area contributed by atoms with Gasteiger partial charge in [-0.1, -0.05) is 13.0 Å². The molecule has 0 radical (unpaired) electrons. The van der Waals surface area contributed by atoms with Crippen molar-refractivity contribution < 1.29 is 4.79 Å². The fourth-order valence-electron chi connectivity index (χ4n) is 2.60. The molecule has 4 N–H and O–H groups in total. The number of hydrogen-bond donors (Lipinski definition) is 3. The Morgan fingerprint density at radius 3 is 2.84 bits per heavy atom. The highest BCUT2D eigenvalue weighted by molar-refractivity contribution is 5.77. The maximum absolute atomic E-state index is 12.3. The molecule has 2 aliphatic heterocycles. The van der Waals surface area contributed by atoms with Gasteiger partial charge in [-0.05, 0) is 38.4 Å². The molecule has 19 heavy (non-hydrogen) atoms. The van der Waals surface area contributed by atoms with Crippen molar-refractivity contribution in [3.05, 3.63) is 23.5 Å². The van der Waals surface area contributed by atoms with Crippen LogP contribution in [-0.2, 0) is 0 Å². The molecule has 0 aliphatic carbocycles. The summed E-state index contributed by atoms with van der Waals surface area (Å²) in [4.78, 5) is 14.2. The van der Waals surface area contributed by atoms with Crippen LogP contribution in [0.5, 0.6) is 0 Å². The van der Waals surface area contributed by atoms with Crippen molar-refractivity contribution in [3.63, 3.8) is 0 Å². The van der Waals surface area contributed by atoms with Gasteiger partial charge >= 0.3 is 6.03 Å². The minimum atomic E-state index is -0.0110. The molecule has 2 aliphatic rings. The van der Waals surface area contributed by atoms with Gasteiger partial charge in [-0.3, -0.25) is 0 Å². The average molecular weight is 264 g/mol. The van der Waals surface area contributed by atoms with Gasteiger partial charge < -0.3 is 21.3 Å². The van der Waals surface area contributed by atoms with Gasteiger partial charge in [0.25, 0.3) is 0 Å². The number of nitrogens with zero attached hydrogens (tertiary/aromatic N) is 1. The summed E-state index contributed by atoms with van der Waals surface area (Å²) in [6, 6.07) is 0.326. The van der Waals surface area contributed by atoms with Gasteiger partial charge in [0.05, 0.1) is 5.70 Å². The number of allylic oxidation sites excluding steroid dienone is 2. The lowest BCUT2D eigenvalue weighted by molar-refractivity contribution is 0.164. The Kier molecular flexibility index (Phi) is 4.85. The number of urea groups is 1. The fourth-order valence-corrected chi connectivity index (χ4v) is 2.60. The topological polar surface area (TPSA) is 70.4 Å². The number of rotatable bonds is 3. The molecule has 2 rings (SSSR count). The predicted octanol–water partition coefficient (Wildman–Crippen LogP) is 1.29. The monoisotopic (exact) mass is 264 g/mol. The summed E-state index contributed by atoms with van der Waals surface area (Å²) in [7, 11) is 0. The summed E-state index contributed by atoms with van der Waals surface area (Å²) in [5.74, 6) is 0. The van der Waals surface area contributed by atoms with Gasteiger partial charge in [0.15, 0.2) is 0 Å². The van der Waals surface area contributed by atoms with E-state index in [1.165, 1.54) is 0 Å². The second kappa shape index (κ2) is 6.61. The molecule has 2 heterocycles. The van der Waals surface area contributed by atoms with Crippen LogP contribution in [-0.4, -0.2) is 36.6 Å². The van der Waals surface area contributed by atoms with E-state index in [-0.39, 0.29) is 6.03 Å². The van der Waals surface area contributed by atoms with Gasteiger partial charge in [-0.15, -0.1) is 0 Å². The highest BCUT2D eigenvalue weighted by Crippen LogP contribution is 2.17. The summed E-state index contributed by atoms with van der Waals surface area (Å²) in [5, 5.41) is 6.27. The standard InChI is InChI=1S/C14H24N4O/c1-2-3-4-13-12(15)7-10-18(14(19)17-13)11-5-8-16-9-6-11/h3-4,11,16H,2,5-10,15H2,1H3,(H,17,19)/b4-3-. The Labute approximate surface area is 114 Å². The lowest BCUT2D eigenvalue weighted by Crippen LogP contribution is -2.49. The van der Waals surface area contributed by atoms with Crippen LogP contribution in [0.15, 0.2) is 23.5 Å². The molecule has 0 aromatic carbocycles. The quantitative estimate of drug-likeness (QED) is 0.719. The second-order valence-electron chi connectivity index (χ2n) is 5.10.